The van der Waals surface area contributed by atoms with Crippen molar-refractivity contribution < 1.29 is 0 Å². The van der Waals surface area contributed by atoms with Crippen LogP contribution in [0.4, 0.5) is 0 Å². The molecule has 0 bridgehead atoms. The first-order valence-electron chi connectivity index (χ1n) is 6.90. The lowest BCUT2D eigenvalue weighted by Crippen LogP contribution is -2.46. The molecule has 1 aliphatic carbocycles. The van der Waals surface area contributed by atoms with Crippen LogP contribution in [0, 0.1) is 13.8 Å². The van der Waals surface area contributed by atoms with E-state index in [1.54, 1.807) is 0 Å². The van der Waals surface area contributed by atoms with E-state index < -0.39 is 0 Å². The van der Waals surface area contributed by atoms with Gasteiger partial charge in [-0.15, -0.1) is 0 Å². The van der Waals surface area contributed by atoms with Gasteiger partial charge in [0.05, 0.1) is 0 Å². The molecule has 1 fully saturated rings. The third kappa shape index (κ3) is 2.90. The van der Waals surface area contributed by atoms with Crippen LogP contribution in [0.2, 0.25) is 0 Å². The molecule has 1 N–H and O–H groups in total. The summed E-state index contributed by atoms with van der Waals surface area (Å²) in [4.78, 5) is 0. The highest BCUT2D eigenvalue weighted by molar-refractivity contribution is 5.32. The molecular formula is C16H25N. The third-order valence-corrected chi connectivity index (χ3v) is 4.37. The Kier molecular flexibility index (Phi) is 3.88. The van der Waals surface area contributed by atoms with Gasteiger partial charge in [0.25, 0.3) is 0 Å². The Bertz CT molecular complexity index is 375. The van der Waals surface area contributed by atoms with Crippen molar-refractivity contribution in [3.63, 3.8) is 0 Å². The van der Waals surface area contributed by atoms with Crippen LogP contribution in [0.15, 0.2) is 18.2 Å². The van der Waals surface area contributed by atoms with E-state index in [0.717, 1.165) is 0 Å². The Morgan fingerprint density at radius 1 is 1.12 bits per heavy atom. The zero-order chi connectivity index (χ0) is 12.3. The van der Waals surface area contributed by atoms with Crippen molar-refractivity contribution in [3.05, 3.63) is 34.9 Å². The monoisotopic (exact) mass is 231 g/mol. The predicted molar refractivity (Wildman–Crippen MR) is 74.5 cm³/mol. The highest BCUT2D eigenvalue weighted by Crippen LogP contribution is 2.31. The Morgan fingerprint density at radius 2 is 1.82 bits per heavy atom. The predicted octanol–water partition coefficient (Wildman–Crippen LogP) is 3.77. The molecule has 0 unspecified atom stereocenters. The zero-order valence-electron chi connectivity index (χ0n) is 11.5. The number of rotatable bonds is 3. The van der Waals surface area contributed by atoms with Crippen LogP contribution in [-0.2, 0) is 6.42 Å². The second-order valence-electron chi connectivity index (χ2n) is 5.70. The van der Waals surface area contributed by atoms with Crippen molar-refractivity contribution in [3.8, 4) is 0 Å². The molecule has 1 heteroatoms. The van der Waals surface area contributed by atoms with Crippen LogP contribution in [0.5, 0.6) is 0 Å². The fourth-order valence-corrected chi connectivity index (χ4v) is 3.15. The summed E-state index contributed by atoms with van der Waals surface area (Å²) in [7, 11) is 2.13. The zero-order valence-corrected chi connectivity index (χ0v) is 11.5. The van der Waals surface area contributed by atoms with Gasteiger partial charge < -0.3 is 5.32 Å². The van der Waals surface area contributed by atoms with Crippen molar-refractivity contribution in [1.82, 2.24) is 5.32 Å². The Hall–Kier alpha value is -0.820. The van der Waals surface area contributed by atoms with E-state index in [2.05, 4.69) is 44.4 Å². The maximum Gasteiger partial charge on any atom is 0.0218 e. The molecule has 1 aromatic carbocycles. The van der Waals surface area contributed by atoms with Crippen molar-refractivity contribution >= 4 is 0 Å². The van der Waals surface area contributed by atoms with Crippen LogP contribution in [-0.4, -0.2) is 12.6 Å². The minimum atomic E-state index is 0.359. The number of hydrogen-bond acceptors (Lipinski definition) is 1. The summed E-state index contributed by atoms with van der Waals surface area (Å²) in [5, 5.41) is 3.61. The summed E-state index contributed by atoms with van der Waals surface area (Å²) < 4.78 is 0. The topological polar surface area (TPSA) is 12.0 Å². The van der Waals surface area contributed by atoms with Crippen molar-refractivity contribution in [2.75, 3.05) is 7.05 Å². The molecule has 1 aliphatic rings. The number of aryl methyl sites for hydroxylation is 2. The molecule has 0 radical (unpaired) electrons. The molecule has 0 saturated heterocycles. The summed E-state index contributed by atoms with van der Waals surface area (Å²) >= 11 is 0. The molecule has 0 amide bonds. The van der Waals surface area contributed by atoms with E-state index >= 15 is 0 Å². The first-order chi connectivity index (χ1) is 8.15. The van der Waals surface area contributed by atoms with Crippen LogP contribution in [0.3, 0.4) is 0 Å². The smallest absolute Gasteiger partial charge is 0.0218 e. The second kappa shape index (κ2) is 5.22. The van der Waals surface area contributed by atoms with Gasteiger partial charge in [-0.1, -0.05) is 43.0 Å². The van der Waals surface area contributed by atoms with E-state index in [0.29, 0.717) is 5.54 Å². The minimum Gasteiger partial charge on any atom is -0.314 e. The summed E-state index contributed by atoms with van der Waals surface area (Å²) in [5.41, 5.74) is 4.70. The third-order valence-electron chi connectivity index (χ3n) is 4.37. The average Bonchev–Trinajstić information content (AvgIpc) is 2.34. The fraction of sp³-hybridized carbons (Fsp3) is 0.625. The lowest BCUT2D eigenvalue weighted by molar-refractivity contribution is 0.244. The molecule has 94 valence electrons. The molecule has 0 atom stereocenters. The molecule has 1 nitrogen and oxygen atoms in total. The lowest BCUT2D eigenvalue weighted by atomic mass is 9.77. The van der Waals surface area contributed by atoms with Gasteiger partial charge in [-0.05, 0) is 51.3 Å². The van der Waals surface area contributed by atoms with Gasteiger partial charge in [-0.3, -0.25) is 0 Å². The van der Waals surface area contributed by atoms with Crippen LogP contribution in [0.25, 0.3) is 0 Å². The quantitative estimate of drug-likeness (QED) is 0.835. The van der Waals surface area contributed by atoms with Gasteiger partial charge in [-0.25, -0.2) is 0 Å². The largest absolute Gasteiger partial charge is 0.314 e. The van der Waals surface area contributed by atoms with Crippen molar-refractivity contribution in [2.45, 2.75) is 57.9 Å². The van der Waals surface area contributed by atoms with Gasteiger partial charge in [0.15, 0.2) is 0 Å². The Balaban J connectivity index is 2.17. The number of likely N-dealkylation sites (N-methyl/N-ethyl adjacent to an activating group) is 1. The Morgan fingerprint density at radius 3 is 2.41 bits per heavy atom. The summed E-state index contributed by atoms with van der Waals surface area (Å²) in [5.74, 6) is 0. The molecule has 1 aromatic rings. The van der Waals surface area contributed by atoms with Crippen molar-refractivity contribution in [2.24, 2.45) is 0 Å². The summed E-state index contributed by atoms with van der Waals surface area (Å²) in [6, 6.07) is 6.87. The van der Waals surface area contributed by atoms with Gasteiger partial charge >= 0.3 is 0 Å². The molecule has 0 aromatic heterocycles. The van der Waals surface area contributed by atoms with Crippen LogP contribution in [0.1, 0.15) is 48.8 Å². The summed E-state index contributed by atoms with van der Waals surface area (Å²) in [6.07, 6.45) is 8.02. The molecule has 2 rings (SSSR count). The number of nitrogens with one attached hydrogen (secondary N) is 1. The lowest BCUT2D eigenvalue weighted by Gasteiger charge is -2.38. The van der Waals surface area contributed by atoms with E-state index in [1.165, 1.54) is 55.2 Å². The molecular weight excluding hydrogens is 206 g/mol. The number of hydrogen-bond donors (Lipinski definition) is 1. The summed E-state index contributed by atoms with van der Waals surface area (Å²) in [6.45, 7) is 4.42. The van der Waals surface area contributed by atoms with Gasteiger partial charge in [0.1, 0.15) is 0 Å². The molecule has 0 aliphatic heterocycles. The first-order valence-corrected chi connectivity index (χ1v) is 6.90. The van der Waals surface area contributed by atoms with Gasteiger partial charge in [0.2, 0.25) is 0 Å². The molecule has 0 spiro atoms. The SMILES string of the molecule is CNC1(Cc2ccc(C)cc2C)CCCCC1. The maximum atomic E-state index is 3.61. The molecule has 1 saturated carbocycles. The van der Waals surface area contributed by atoms with E-state index in [1.807, 2.05) is 0 Å². The normalized spacial score (nSPS) is 19.2. The van der Waals surface area contributed by atoms with Crippen molar-refractivity contribution in [1.29, 1.82) is 0 Å². The average molecular weight is 231 g/mol. The Labute approximate surface area is 106 Å². The fourth-order valence-electron chi connectivity index (χ4n) is 3.15. The van der Waals surface area contributed by atoms with E-state index in [4.69, 9.17) is 0 Å². The standard InChI is InChI=1S/C16H25N/c1-13-7-8-15(14(2)11-13)12-16(17-3)9-5-4-6-10-16/h7-8,11,17H,4-6,9-10,12H2,1-3H3. The molecule has 0 heterocycles. The van der Waals surface area contributed by atoms with E-state index in [9.17, 15) is 0 Å². The van der Waals surface area contributed by atoms with Gasteiger partial charge in [0, 0.05) is 5.54 Å². The highest BCUT2D eigenvalue weighted by atomic mass is 14.9. The highest BCUT2D eigenvalue weighted by Gasteiger charge is 2.30. The van der Waals surface area contributed by atoms with Gasteiger partial charge in [-0.2, -0.15) is 0 Å². The van der Waals surface area contributed by atoms with Crippen LogP contribution < -0.4 is 5.32 Å². The second-order valence-corrected chi connectivity index (χ2v) is 5.70. The van der Waals surface area contributed by atoms with Crippen LogP contribution >= 0.6 is 0 Å². The minimum absolute atomic E-state index is 0.359. The van der Waals surface area contributed by atoms with E-state index in [-0.39, 0.29) is 0 Å². The molecule has 17 heavy (non-hydrogen) atoms. The maximum absolute atomic E-state index is 3.61. The first kappa shape index (κ1) is 12.6. The number of benzene rings is 1.